The van der Waals surface area contributed by atoms with Gasteiger partial charge in [-0.25, -0.2) is 4.99 Å². The number of hydrogen-bond acceptors (Lipinski definition) is 5. The molecule has 1 fully saturated rings. The summed E-state index contributed by atoms with van der Waals surface area (Å²) < 4.78 is 6.01. The minimum atomic E-state index is 0.337. The van der Waals surface area contributed by atoms with E-state index in [2.05, 4.69) is 47.3 Å². The van der Waals surface area contributed by atoms with Crippen LogP contribution in [0, 0.1) is 5.92 Å². The van der Waals surface area contributed by atoms with Gasteiger partial charge in [-0.2, -0.15) is 0 Å². The van der Waals surface area contributed by atoms with Gasteiger partial charge >= 0.3 is 0 Å². The van der Waals surface area contributed by atoms with E-state index in [1.165, 1.54) is 5.56 Å². The molecule has 0 aliphatic carbocycles. The van der Waals surface area contributed by atoms with Crippen molar-refractivity contribution in [3.05, 3.63) is 121 Å². The number of hydrogen-bond donors (Lipinski definition) is 1. The van der Waals surface area contributed by atoms with Crippen LogP contribution in [0.2, 0.25) is 0 Å². The van der Waals surface area contributed by atoms with E-state index in [1.54, 1.807) is 18.5 Å². The molecule has 37 heavy (non-hydrogen) atoms. The maximum atomic E-state index is 6.18. The van der Waals surface area contributed by atoms with Crippen LogP contribution in [0.4, 0.5) is 5.69 Å². The molecule has 0 unspecified atom stereocenters. The number of aromatic nitrogens is 1. The molecule has 6 heteroatoms. The molecule has 1 aromatic heterocycles. The van der Waals surface area contributed by atoms with E-state index in [-0.39, 0.29) is 0 Å². The largest absolute Gasteiger partial charge is 0.472 e. The molecule has 0 bridgehead atoms. The molecule has 2 N–H and O–H groups in total. The second-order valence-electron chi connectivity index (χ2n) is 9.44. The van der Waals surface area contributed by atoms with E-state index in [0.29, 0.717) is 12.6 Å². The molecule has 0 spiro atoms. The number of likely N-dealkylation sites (tertiary alicyclic amines) is 1. The molecule has 0 radical (unpaired) electrons. The fraction of sp³-hybridized carbons (Fsp3) is 0.226. The Kier molecular flexibility index (Phi) is 7.47. The zero-order valence-corrected chi connectivity index (χ0v) is 21.1. The summed E-state index contributed by atoms with van der Waals surface area (Å²) in [4.78, 5) is 13.9. The third kappa shape index (κ3) is 5.65. The number of fused-ring (bicyclic) bond motifs is 1. The van der Waals surface area contributed by atoms with E-state index in [1.807, 2.05) is 47.4 Å². The minimum absolute atomic E-state index is 0.337. The normalized spacial score (nSPS) is 17.8. The molecule has 3 aromatic rings. The number of ether oxygens (including phenoxy) is 1. The number of rotatable bonds is 7. The summed E-state index contributed by atoms with van der Waals surface area (Å²) in [5.74, 6) is 2.01. The number of nitrogens with two attached hydrogens (primary N) is 1. The van der Waals surface area contributed by atoms with E-state index in [9.17, 15) is 0 Å². The number of allylic oxidation sites excluding steroid dienone is 3. The van der Waals surface area contributed by atoms with Crippen molar-refractivity contribution in [2.75, 3.05) is 19.8 Å². The summed E-state index contributed by atoms with van der Waals surface area (Å²) in [6, 6.07) is 20.5. The van der Waals surface area contributed by atoms with Crippen molar-refractivity contribution in [3.63, 3.8) is 0 Å². The first kappa shape index (κ1) is 24.5. The highest BCUT2D eigenvalue weighted by molar-refractivity contribution is 6.06. The van der Waals surface area contributed by atoms with E-state index >= 15 is 0 Å². The molecule has 0 atom stereocenters. The van der Waals surface area contributed by atoms with Crippen LogP contribution in [0.15, 0.2) is 109 Å². The first-order chi connectivity index (χ1) is 18.1. The van der Waals surface area contributed by atoms with Crippen molar-refractivity contribution in [1.82, 2.24) is 14.8 Å². The number of amidine groups is 1. The van der Waals surface area contributed by atoms with Gasteiger partial charge in [0.25, 0.3) is 0 Å². The number of pyridine rings is 1. The first-order valence-corrected chi connectivity index (χ1v) is 12.7. The van der Waals surface area contributed by atoms with Gasteiger partial charge in [0.2, 0.25) is 0 Å². The second-order valence-corrected chi connectivity index (χ2v) is 9.44. The van der Waals surface area contributed by atoms with Crippen LogP contribution in [0.5, 0.6) is 5.75 Å². The highest BCUT2D eigenvalue weighted by Crippen LogP contribution is 2.31. The van der Waals surface area contributed by atoms with Crippen LogP contribution in [0.3, 0.4) is 0 Å². The average molecular weight is 492 g/mol. The van der Waals surface area contributed by atoms with Crippen molar-refractivity contribution in [1.29, 1.82) is 0 Å². The van der Waals surface area contributed by atoms with Gasteiger partial charge in [0.15, 0.2) is 6.73 Å². The molecule has 0 amide bonds. The Balaban J connectivity index is 1.33. The SMILES string of the molecule is C=C/C=C(\N)C1CCN(Cc2ccc(N=C3c4cnccc4OCN3C(=C)c3ccccc3)cc2)CC1. The Morgan fingerprint density at radius 2 is 1.84 bits per heavy atom. The Morgan fingerprint density at radius 1 is 1.08 bits per heavy atom. The average Bonchev–Trinajstić information content (AvgIpc) is 2.95. The zero-order valence-electron chi connectivity index (χ0n) is 21.1. The molecule has 5 rings (SSSR count). The molecule has 1 saturated heterocycles. The maximum absolute atomic E-state index is 6.18. The third-order valence-corrected chi connectivity index (χ3v) is 7.01. The van der Waals surface area contributed by atoms with Gasteiger partial charge < -0.3 is 10.5 Å². The topological polar surface area (TPSA) is 67.0 Å². The molecular formula is C31H33N5O. The summed E-state index contributed by atoms with van der Waals surface area (Å²) >= 11 is 0. The number of piperidine rings is 1. The fourth-order valence-corrected chi connectivity index (χ4v) is 4.88. The highest BCUT2D eigenvalue weighted by Gasteiger charge is 2.27. The first-order valence-electron chi connectivity index (χ1n) is 12.7. The maximum Gasteiger partial charge on any atom is 0.166 e. The summed E-state index contributed by atoms with van der Waals surface area (Å²) in [5.41, 5.74) is 12.0. The van der Waals surface area contributed by atoms with E-state index in [0.717, 1.165) is 72.3 Å². The smallest absolute Gasteiger partial charge is 0.166 e. The van der Waals surface area contributed by atoms with Gasteiger partial charge in [-0.15, -0.1) is 0 Å². The van der Waals surface area contributed by atoms with Gasteiger partial charge in [0, 0.05) is 36.3 Å². The third-order valence-electron chi connectivity index (χ3n) is 7.01. The summed E-state index contributed by atoms with van der Waals surface area (Å²) in [7, 11) is 0. The minimum Gasteiger partial charge on any atom is -0.472 e. The molecule has 2 aromatic carbocycles. The lowest BCUT2D eigenvalue weighted by Gasteiger charge is -2.33. The number of aliphatic imine (C=N–C) groups is 1. The van der Waals surface area contributed by atoms with Gasteiger partial charge in [-0.1, -0.05) is 61.7 Å². The van der Waals surface area contributed by atoms with Crippen molar-refractivity contribution in [2.45, 2.75) is 19.4 Å². The van der Waals surface area contributed by atoms with Crippen LogP contribution in [0.1, 0.15) is 29.5 Å². The lowest BCUT2D eigenvalue weighted by Crippen LogP contribution is -2.37. The van der Waals surface area contributed by atoms with Crippen LogP contribution in [-0.4, -0.2) is 40.4 Å². The van der Waals surface area contributed by atoms with Gasteiger partial charge in [0.05, 0.1) is 11.3 Å². The molecule has 3 heterocycles. The highest BCUT2D eigenvalue weighted by atomic mass is 16.5. The van der Waals surface area contributed by atoms with Gasteiger partial charge in [0.1, 0.15) is 11.6 Å². The lowest BCUT2D eigenvalue weighted by atomic mass is 9.93. The Labute approximate surface area is 219 Å². The van der Waals surface area contributed by atoms with Crippen molar-refractivity contribution in [3.8, 4) is 5.75 Å². The zero-order chi connectivity index (χ0) is 25.6. The monoisotopic (exact) mass is 491 g/mol. The summed E-state index contributed by atoms with van der Waals surface area (Å²) in [6.45, 7) is 11.4. The van der Waals surface area contributed by atoms with E-state index < -0.39 is 0 Å². The molecular weight excluding hydrogens is 458 g/mol. The van der Waals surface area contributed by atoms with Crippen molar-refractivity contribution in [2.24, 2.45) is 16.6 Å². The van der Waals surface area contributed by atoms with Gasteiger partial charge in [-0.05, 0) is 61.3 Å². The Bertz CT molecular complexity index is 1300. The second kappa shape index (κ2) is 11.3. The fourth-order valence-electron chi connectivity index (χ4n) is 4.88. The van der Waals surface area contributed by atoms with Crippen LogP contribution in [0.25, 0.3) is 5.70 Å². The standard InChI is InChI=1S/C31H33N5O/c1-3-7-29(32)26-15-18-35(19-16-26)21-24-10-12-27(13-11-24)34-31-28-20-33-17-14-30(28)37-22-36(31)23(2)25-8-5-4-6-9-25/h3-14,17,20,26H,1-2,15-16,18-19,21-22,32H2/b29-7-,34-31?. The van der Waals surface area contributed by atoms with Crippen LogP contribution in [-0.2, 0) is 6.54 Å². The predicted molar refractivity (Wildman–Crippen MR) is 150 cm³/mol. The van der Waals surface area contributed by atoms with Crippen LogP contribution < -0.4 is 10.5 Å². The predicted octanol–water partition coefficient (Wildman–Crippen LogP) is 5.72. The molecule has 2 aliphatic rings. The van der Waals surface area contributed by atoms with Crippen molar-refractivity contribution >= 4 is 17.2 Å². The summed E-state index contributed by atoms with van der Waals surface area (Å²) in [6.07, 6.45) is 9.41. The Hall–Kier alpha value is -4.16. The molecule has 188 valence electrons. The van der Waals surface area contributed by atoms with Crippen LogP contribution >= 0.6 is 0 Å². The van der Waals surface area contributed by atoms with Crippen molar-refractivity contribution < 1.29 is 4.74 Å². The van der Waals surface area contributed by atoms with E-state index in [4.69, 9.17) is 15.5 Å². The molecule has 2 aliphatic heterocycles. The summed E-state index contributed by atoms with van der Waals surface area (Å²) in [5, 5.41) is 0. The quantitative estimate of drug-likeness (QED) is 0.428. The lowest BCUT2D eigenvalue weighted by molar-refractivity contribution is 0.191. The molecule has 6 nitrogen and oxygen atoms in total. The number of benzene rings is 2. The van der Waals surface area contributed by atoms with Gasteiger partial charge in [-0.3, -0.25) is 14.8 Å². The molecule has 0 saturated carbocycles. The number of nitrogens with zero attached hydrogens (tertiary/aromatic N) is 4. The Morgan fingerprint density at radius 3 is 2.57 bits per heavy atom.